The van der Waals surface area contributed by atoms with Crippen molar-refractivity contribution in [3.8, 4) is 11.3 Å². The van der Waals surface area contributed by atoms with E-state index in [0.29, 0.717) is 11.8 Å². The number of likely N-dealkylation sites (tertiary alicyclic amines) is 1. The Morgan fingerprint density at radius 2 is 1.91 bits per heavy atom. The summed E-state index contributed by atoms with van der Waals surface area (Å²) < 4.78 is 5.44. The Morgan fingerprint density at radius 1 is 1.18 bits per heavy atom. The SMILES string of the molecule is CN1CCC(NCc2ccc(-c3ccc(C=O)o3)cc2)CC1. The smallest absolute Gasteiger partial charge is 0.185 e. The van der Waals surface area contributed by atoms with Gasteiger partial charge in [0.15, 0.2) is 12.0 Å². The molecule has 2 heterocycles. The maximum absolute atomic E-state index is 10.7. The summed E-state index contributed by atoms with van der Waals surface area (Å²) in [5.74, 6) is 1.10. The van der Waals surface area contributed by atoms with Crippen LogP contribution in [0.15, 0.2) is 40.8 Å². The standard InChI is InChI=1S/C18H22N2O2/c1-20-10-8-16(9-11-20)19-12-14-2-4-15(5-3-14)18-7-6-17(13-21)22-18/h2-7,13,16,19H,8-12H2,1H3. The molecule has 0 amide bonds. The molecule has 0 aliphatic carbocycles. The molecule has 1 aliphatic heterocycles. The van der Waals surface area contributed by atoms with Gasteiger partial charge in [0.1, 0.15) is 5.76 Å². The van der Waals surface area contributed by atoms with Gasteiger partial charge in [-0.2, -0.15) is 0 Å². The van der Waals surface area contributed by atoms with E-state index >= 15 is 0 Å². The maximum Gasteiger partial charge on any atom is 0.185 e. The molecule has 2 aromatic rings. The Morgan fingerprint density at radius 3 is 2.55 bits per heavy atom. The number of carbonyl (C=O) groups excluding carboxylic acids is 1. The zero-order valence-electron chi connectivity index (χ0n) is 12.9. The fourth-order valence-corrected chi connectivity index (χ4v) is 2.83. The van der Waals surface area contributed by atoms with Crippen molar-refractivity contribution >= 4 is 6.29 Å². The minimum atomic E-state index is 0.364. The van der Waals surface area contributed by atoms with Crippen LogP contribution in [-0.4, -0.2) is 37.4 Å². The first-order chi connectivity index (χ1) is 10.7. The second kappa shape index (κ2) is 6.90. The first-order valence-electron chi connectivity index (χ1n) is 7.81. The molecule has 0 saturated carbocycles. The minimum Gasteiger partial charge on any atom is -0.453 e. The van der Waals surface area contributed by atoms with Crippen LogP contribution in [0.2, 0.25) is 0 Å². The third-order valence-corrected chi connectivity index (χ3v) is 4.29. The summed E-state index contributed by atoms with van der Waals surface area (Å²) in [6, 6.07) is 12.4. The molecule has 4 heteroatoms. The molecule has 22 heavy (non-hydrogen) atoms. The normalized spacial score (nSPS) is 16.8. The van der Waals surface area contributed by atoms with Crippen molar-refractivity contribution in [1.29, 1.82) is 0 Å². The monoisotopic (exact) mass is 298 g/mol. The highest BCUT2D eigenvalue weighted by Crippen LogP contribution is 2.22. The average molecular weight is 298 g/mol. The maximum atomic E-state index is 10.7. The number of hydrogen-bond acceptors (Lipinski definition) is 4. The van der Waals surface area contributed by atoms with Crippen LogP contribution in [0.5, 0.6) is 0 Å². The number of rotatable bonds is 5. The zero-order valence-corrected chi connectivity index (χ0v) is 12.9. The van der Waals surface area contributed by atoms with E-state index in [1.54, 1.807) is 6.07 Å². The second-order valence-corrected chi connectivity index (χ2v) is 5.98. The molecule has 1 aromatic heterocycles. The molecular weight excluding hydrogens is 276 g/mol. The summed E-state index contributed by atoms with van der Waals surface area (Å²) in [5, 5.41) is 3.63. The molecule has 1 aromatic carbocycles. The molecule has 0 radical (unpaired) electrons. The largest absolute Gasteiger partial charge is 0.453 e. The molecule has 0 unspecified atom stereocenters. The molecule has 1 saturated heterocycles. The van der Waals surface area contributed by atoms with E-state index in [4.69, 9.17) is 4.42 Å². The minimum absolute atomic E-state index is 0.364. The summed E-state index contributed by atoms with van der Waals surface area (Å²) >= 11 is 0. The lowest BCUT2D eigenvalue weighted by molar-refractivity contribution is 0.110. The number of nitrogens with one attached hydrogen (secondary N) is 1. The van der Waals surface area contributed by atoms with Crippen molar-refractivity contribution in [2.45, 2.75) is 25.4 Å². The first kappa shape index (κ1) is 15.0. The van der Waals surface area contributed by atoms with Gasteiger partial charge in [0.05, 0.1) is 0 Å². The van der Waals surface area contributed by atoms with Crippen LogP contribution < -0.4 is 5.32 Å². The molecule has 1 fully saturated rings. The fourth-order valence-electron chi connectivity index (χ4n) is 2.83. The Bertz CT molecular complexity index is 610. The Kier molecular flexibility index (Phi) is 4.71. The van der Waals surface area contributed by atoms with Crippen LogP contribution >= 0.6 is 0 Å². The molecule has 1 N–H and O–H groups in total. The summed E-state index contributed by atoms with van der Waals surface area (Å²) in [6.45, 7) is 3.24. The number of carbonyl (C=O) groups is 1. The van der Waals surface area contributed by atoms with E-state index in [2.05, 4.69) is 29.4 Å². The van der Waals surface area contributed by atoms with Crippen molar-refractivity contribution in [2.75, 3.05) is 20.1 Å². The lowest BCUT2D eigenvalue weighted by atomic mass is 10.0. The number of aldehydes is 1. The fraction of sp³-hybridized carbons (Fsp3) is 0.389. The number of nitrogens with zero attached hydrogens (tertiary/aromatic N) is 1. The quantitative estimate of drug-likeness (QED) is 0.862. The third-order valence-electron chi connectivity index (χ3n) is 4.29. The second-order valence-electron chi connectivity index (χ2n) is 5.98. The van der Waals surface area contributed by atoms with E-state index in [-0.39, 0.29) is 0 Å². The van der Waals surface area contributed by atoms with E-state index in [1.807, 2.05) is 18.2 Å². The number of piperidine rings is 1. The number of hydrogen-bond donors (Lipinski definition) is 1. The lowest BCUT2D eigenvalue weighted by Crippen LogP contribution is -2.40. The van der Waals surface area contributed by atoms with E-state index in [0.717, 1.165) is 24.2 Å². The third kappa shape index (κ3) is 3.64. The Labute approximate surface area is 131 Å². The van der Waals surface area contributed by atoms with Gasteiger partial charge in [-0.25, -0.2) is 0 Å². The number of benzene rings is 1. The molecule has 0 spiro atoms. The van der Waals surface area contributed by atoms with Crippen molar-refractivity contribution in [3.05, 3.63) is 47.7 Å². The molecule has 0 bridgehead atoms. The predicted molar refractivity (Wildman–Crippen MR) is 86.9 cm³/mol. The van der Waals surface area contributed by atoms with Crippen LogP contribution in [0.3, 0.4) is 0 Å². The lowest BCUT2D eigenvalue weighted by Gasteiger charge is -2.29. The Hall–Kier alpha value is -1.91. The van der Waals surface area contributed by atoms with Crippen molar-refractivity contribution in [2.24, 2.45) is 0 Å². The summed E-state index contributed by atoms with van der Waals surface area (Å²) in [4.78, 5) is 13.0. The molecule has 0 atom stereocenters. The van der Waals surface area contributed by atoms with Gasteiger partial charge in [0.25, 0.3) is 0 Å². The highest BCUT2D eigenvalue weighted by molar-refractivity contribution is 5.72. The summed E-state index contributed by atoms with van der Waals surface area (Å²) in [6.07, 6.45) is 3.16. The Balaban J connectivity index is 1.56. The highest BCUT2D eigenvalue weighted by Gasteiger charge is 2.15. The van der Waals surface area contributed by atoms with Crippen molar-refractivity contribution < 1.29 is 9.21 Å². The van der Waals surface area contributed by atoms with Crippen molar-refractivity contribution in [3.63, 3.8) is 0 Å². The van der Waals surface area contributed by atoms with Crippen LogP contribution in [-0.2, 0) is 6.54 Å². The van der Waals surface area contributed by atoms with Gasteiger partial charge in [-0.3, -0.25) is 4.79 Å². The predicted octanol–water partition coefficient (Wildman–Crippen LogP) is 2.94. The van der Waals surface area contributed by atoms with Gasteiger partial charge < -0.3 is 14.6 Å². The highest BCUT2D eigenvalue weighted by atomic mass is 16.3. The van der Waals surface area contributed by atoms with Gasteiger partial charge in [-0.15, -0.1) is 0 Å². The van der Waals surface area contributed by atoms with Gasteiger partial charge in [-0.1, -0.05) is 24.3 Å². The van der Waals surface area contributed by atoms with Crippen LogP contribution in [0.25, 0.3) is 11.3 Å². The van der Waals surface area contributed by atoms with Crippen LogP contribution in [0, 0.1) is 0 Å². The molecule has 116 valence electrons. The van der Waals surface area contributed by atoms with Gasteiger partial charge in [-0.05, 0) is 50.7 Å². The number of furan rings is 1. The molecule has 3 rings (SSSR count). The molecule has 1 aliphatic rings. The zero-order chi connectivity index (χ0) is 15.4. The molecule has 4 nitrogen and oxygen atoms in total. The molecular formula is C18H22N2O2. The van der Waals surface area contributed by atoms with Gasteiger partial charge in [0.2, 0.25) is 0 Å². The van der Waals surface area contributed by atoms with Crippen LogP contribution in [0.1, 0.15) is 29.0 Å². The topological polar surface area (TPSA) is 45.5 Å². The van der Waals surface area contributed by atoms with E-state index < -0.39 is 0 Å². The van der Waals surface area contributed by atoms with Gasteiger partial charge in [0, 0.05) is 18.2 Å². The average Bonchev–Trinajstić information content (AvgIpc) is 3.04. The van der Waals surface area contributed by atoms with E-state index in [9.17, 15) is 4.79 Å². The van der Waals surface area contributed by atoms with Gasteiger partial charge >= 0.3 is 0 Å². The van der Waals surface area contributed by atoms with Crippen molar-refractivity contribution in [1.82, 2.24) is 10.2 Å². The summed E-state index contributed by atoms with van der Waals surface area (Å²) in [5.41, 5.74) is 2.26. The first-order valence-corrected chi connectivity index (χ1v) is 7.81. The summed E-state index contributed by atoms with van der Waals surface area (Å²) in [7, 11) is 2.18. The van der Waals surface area contributed by atoms with Crippen LogP contribution in [0.4, 0.5) is 0 Å². The van der Waals surface area contributed by atoms with E-state index in [1.165, 1.54) is 31.5 Å².